The molecule has 0 saturated heterocycles. The van der Waals surface area contributed by atoms with E-state index in [0.29, 0.717) is 12.4 Å². The van der Waals surface area contributed by atoms with E-state index >= 15 is 0 Å². The lowest BCUT2D eigenvalue weighted by Crippen LogP contribution is -1.87. The van der Waals surface area contributed by atoms with Crippen molar-refractivity contribution in [2.24, 2.45) is 4.99 Å². The van der Waals surface area contributed by atoms with Crippen molar-refractivity contribution in [3.8, 4) is 0 Å². The molecule has 0 aliphatic rings. The summed E-state index contributed by atoms with van der Waals surface area (Å²) in [6.45, 7) is 0.561. The van der Waals surface area contributed by atoms with E-state index in [1.165, 1.54) is 6.08 Å². The Bertz CT molecular complexity index is 103. The van der Waals surface area contributed by atoms with Crippen molar-refractivity contribution in [1.29, 1.82) is 0 Å². The van der Waals surface area contributed by atoms with Crippen LogP contribution in [0, 0.1) is 0 Å². The fraction of sp³-hybridized carbons (Fsp3) is 0.800. The number of hydrogen-bond donors (Lipinski definition) is 0. The van der Waals surface area contributed by atoms with Crippen LogP contribution in [0.4, 0.5) is 0 Å². The molecule has 52 valence electrons. The van der Waals surface area contributed by atoms with Gasteiger partial charge in [0.15, 0.2) is 0 Å². The van der Waals surface area contributed by atoms with E-state index in [4.69, 9.17) is 11.6 Å². The maximum absolute atomic E-state index is 9.51. The van der Waals surface area contributed by atoms with Gasteiger partial charge in [-0.25, -0.2) is 9.79 Å². The number of thioether (sulfide) groups is 1. The molecule has 0 aromatic rings. The first-order valence-corrected chi connectivity index (χ1v) is 4.28. The Morgan fingerprint density at radius 1 is 1.56 bits per heavy atom. The highest BCUT2D eigenvalue weighted by Crippen LogP contribution is 1.98. The molecule has 4 heteroatoms. The first kappa shape index (κ1) is 9.02. The highest BCUT2D eigenvalue weighted by molar-refractivity contribution is 7.99. The molecule has 0 spiro atoms. The zero-order valence-electron chi connectivity index (χ0n) is 4.97. The number of rotatable bonds is 5. The molecular weight excluding hydrogens is 158 g/mol. The second-order valence-corrected chi connectivity index (χ2v) is 2.88. The van der Waals surface area contributed by atoms with Crippen LogP contribution in [-0.4, -0.2) is 30.0 Å². The Morgan fingerprint density at radius 2 is 2.33 bits per heavy atom. The highest BCUT2D eigenvalue weighted by Gasteiger charge is 1.84. The average Bonchev–Trinajstić information content (AvgIpc) is 1.89. The average molecular weight is 166 g/mol. The molecule has 0 aliphatic carbocycles. The van der Waals surface area contributed by atoms with E-state index in [0.717, 1.165) is 11.5 Å². The van der Waals surface area contributed by atoms with Crippen LogP contribution in [0.1, 0.15) is 0 Å². The van der Waals surface area contributed by atoms with Crippen molar-refractivity contribution < 1.29 is 4.79 Å². The van der Waals surface area contributed by atoms with Gasteiger partial charge in [0.05, 0.1) is 6.54 Å². The first-order valence-electron chi connectivity index (χ1n) is 2.59. The summed E-state index contributed by atoms with van der Waals surface area (Å²) in [4.78, 5) is 12.9. The van der Waals surface area contributed by atoms with Gasteiger partial charge in [-0.15, -0.1) is 11.6 Å². The van der Waals surface area contributed by atoms with Gasteiger partial charge in [-0.3, -0.25) is 0 Å². The summed E-state index contributed by atoms with van der Waals surface area (Å²) in [6.07, 6.45) is 1.47. The summed E-state index contributed by atoms with van der Waals surface area (Å²) < 4.78 is 0. The summed E-state index contributed by atoms with van der Waals surface area (Å²) in [5.74, 6) is 2.45. The SMILES string of the molecule is O=C=NCCSCCCl. The third-order valence-corrected chi connectivity index (χ3v) is 2.01. The van der Waals surface area contributed by atoms with Crippen LogP contribution in [-0.2, 0) is 4.79 Å². The number of halogens is 1. The van der Waals surface area contributed by atoms with Crippen LogP contribution < -0.4 is 0 Å². The number of carbonyl (C=O) groups excluding carboxylic acids is 1. The molecular formula is C5H8ClNOS. The van der Waals surface area contributed by atoms with E-state index in [2.05, 4.69) is 4.99 Å². The van der Waals surface area contributed by atoms with Gasteiger partial charge in [0.25, 0.3) is 0 Å². The van der Waals surface area contributed by atoms with E-state index in [1.54, 1.807) is 11.8 Å². The van der Waals surface area contributed by atoms with Gasteiger partial charge >= 0.3 is 0 Å². The third-order valence-electron chi connectivity index (χ3n) is 0.633. The molecule has 0 rings (SSSR count). The zero-order chi connectivity index (χ0) is 6.95. The number of alkyl halides is 1. The number of nitrogens with zero attached hydrogens (tertiary/aromatic N) is 1. The molecule has 2 nitrogen and oxygen atoms in total. The molecule has 0 aromatic heterocycles. The molecule has 0 amide bonds. The molecule has 0 N–H and O–H groups in total. The predicted octanol–water partition coefficient (Wildman–Crippen LogP) is 1.29. The summed E-state index contributed by atoms with van der Waals surface area (Å²) in [5, 5.41) is 0. The van der Waals surface area contributed by atoms with Crippen molar-refractivity contribution in [3.05, 3.63) is 0 Å². The van der Waals surface area contributed by atoms with Gasteiger partial charge < -0.3 is 0 Å². The first-order chi connectivity index (χ1) is 4.41. The largest absolute Gasteiger partial charge is 0.234 e. The number of hydrogen-bond acceptors (Lipinski definition) is 3. The molecule has 0 aliphatic heterocycles. The maximum Gasteiger partial charge on any atom is 0.234 e. The lowest BCUT2D eigenvalue weighted by Gasteiger charge is -1.90. The van der Waals surface area contributed by atoms with E-state index in [9.17, 15) is 4.79 Å². The van der Waals surface area contributed by atoms with Gasteiger partial charge in [0.1, 0.15) is 0 Å². The topological polar surface area (TPSA) is 29.4 Å². The third kappa shape index (κ3) is 8.02. The van der Waals surface area contributed by atoms with Crippen LogP contribution in [0.3, 0.4) is 0 Å². The van der Waals surface area contributed by atoms with Gasteiger partial charge in [-0.2, -0.15) is 11.8 Å². The normalized spacial score (nSPS) is 8.56. The monoisotopic (exact) mass is 165 g/mol. The standard InChI is InChI=1S/C5H8ClNOS/c6-1-3-9-4-2-7-5-8/h1-4H2. The van der Waals surface area contributed by atoms with Crippen molar-refractivity contribution in [2.45, 2.75) is 0 Å². The fourth-order valence-corrected chi connectivity index (χ4v) is 1.17. The summed E-state index contributed by atoms with van der Waals surface area (Å²) in [5.41, 5.74) is 0. The minimum atomic E-state index is 0.561. The molecule has 0 saturated carbocycles. The Kier molecular flexibility index (Phi) is 8.04. The predicted molar refractivity (Wildman–Crippen MR) is 41.0 cm³/mol. The van der Waals surface area contributed by atoms with Crippen LogP contribution in [0.15, 0.2) is 4.99 Å². The van der Waals surface area contributed by atoms with E-state index < -0.39 is 0 Å². The van der Waals surface area contributed by atoms with Crippen molar-refractivity contribution in [2.75, 3.05) is 23.9 Å². The molecule has 0 radical (unpaired) electrons. The molecule has 0 aromatic carbocycles. The van der Waals surface area contributed by atoms with Crippen LogP contribution in [0.25, 0.3) is 0 Å². The lowest BCUT2D eigenvalue weighted by molar-refractivity contribution is 0.563. The lowest BCUT2D eigenvalue weighted by atomic mass is 10.8. The Labute approximate surface area is 63.7 Å². The second-order valence-electron chi connectivity index (χ2n) is 1.27. The molecule has 0 bridgehead atoms. The van der Waals surface area contributed by atoms with Crippen LogP contribution in [0.2, 0.25) is 0 Å². The van der Waals surface area contributed by atoms with Gasteiger partial charge in [-0.05, 0) is 0 Å². The van der Waals surface area contributed by atoms with Gasteiger partial charge in [-0.1, -0.05) is 0 Å². The maximum atomic E-state index is 9.51. The quantitative estimate of drug-likeness (QED) is 0.266. The molecule has 0 heterocycles. The zero-order valence-corrected chi connectivity index (χ0v) is 6.54. The Hall–Kier alpha value is 0.0200. The molecule has 0 atom stereocenters. The van der Waals surface area contributed by atoms with Crippen LogP contribution >= 0.6 is 23.4 Å². The Morgan fingerprint density at radius 3 is 2.89 bits per heavy atom. The fourth-order valence-electron chi connectivity index (χ4n) is 0.312. The summed E-state index contributed by atoms with van der Waals surface area (Å²) in [7, 11) is 0. The minimum Gasteiger partial charge on any atom is -0.211 e. The molecule has 0 unspecified atom stereocenters. The van der Waals surface area contributed by atoms with Crippen molar-refractivity contribution in [3.63, 3.8) is 0 Å². The van der Waals surface area contributed by atoms with Gasteiger partial charge in [0, 0.05) is 17.4 Å². The second kappa shape index (κ2) is 8.02. The van der Waals surface area contributed by atoms with Crippen molar-refractivity contribution >= 4 is 29.4 Å². The highest BCUT2D eigenvalue weighted by atomic mass is 35.5. The van der Waals surface area contributed by atoms with Crippen molar-refractivity contribution in [1.82, 2.24) is 0 Å². The summed E-state index contributed by atoms with van der Waals surface area (Å²) >= 11 is 7.07. The minimum absolute atomic E-state index is 0.561. The summed E-state index contributed by atoms with van der Waals surface area (Å²) in [6, 6.07) is 0. The molecule has 0 fully saturated rings. The van der Waals surface area contributed by atoms with E-state index in [1.807, 2.05) is 0 Å². The van der Waals surface area contributed by atoms with Gasteiger partial charge in [0.2, 0.25) is 6.08 Å². The Balaban J connectivity index is 2.82. The smallest absolute Gasteiger partial charge is 0.211 e. The number of isocyanates is 1. The van der Waals surface area contributed by atoms with E-state index in [-0.39, 0.29) is 0 Å². The molecule has 9 heavy (non-hydrogen) atoms. The van der Waals surface area contributed by atoms with Crippen LogP contribution in [0.5, 0.6) is 0 Å². The number of aliphatic imine (C=N–C) groups is 1.